The van der Waals surface area contributed by atoms with Crippen LogP contribution < -0.4 is 4.31 Å². The first-order valence-electron chi connectivity index (χ1n) is 10.3. The predicted molar refractivity (Wildman–Crippen MR) is 131 cm³/mol. The van der Waals surface area contributed by atoms with E-state index in [9.17, 15) is 13.2 Å². The van der Waals surface area contributed by atoms with Crippen LogP contribution in [-0.4, -0.2) is 42.3 Å². The smallest absolute Gasteiger partial charge is 0.326 e. The Morgan fingerprint density at radius 1 is 1.03 bits per heavy atom. The number of carbonyl (C=O) groups excluding carboxylic acids is 1. The van der Waals surface area contributed by atoms with Gasteiger partial charge in [0, 0.05) is 21.6 Å². The molecule has 0 bridgehead atoms. The van der Waals surface area contributed by atoms with E-state index >= 15 is 0 Å². The van der Waals surface area contributed by atoms with Crippen LogP contribution in [0.3, 0.4) is 0 Å². The molecule has 0 radical (unpaired) electrons. The van der Waals surface area contributed by atoms with Crippen molar-refractivity contribution in [2.45, 2.75) is 18.7 Å². The molecule has 34 heavy (non-hydrogen) atoms. The van der Waals surface area contributed by atoms with Gasteiger partial charge in [-0.2, -0.15) is 5.10 Å². The fourth-order valence-electron chi connectivity index (χ4n) is 3.45. The zero-order valence-corrected chi connectivity index (χ0v) is 20.6. The van der Waals surface area contributed by atoms with Crippen molar-refractivity contribution in [1.29, 1.82) is 0 Å². The Kier molecular flexibility index (Phi) is 6.79. The predicted octanol–water partition coefficient (Wildman–Crippen LogP) is 4.79. The lowest BCUT2D eigenvalue weighted by molar-refractivity contribution is -0.141. The Labute approximate surface area is 206 Å². The summed E-state index contributed by atoms with van der Waals surface area (Å²) in [5, 5.41) is 9.36. The van der Waals surface area contributed by atoms with E-state index < -0.39 is 22.5 Å². The maximum absolute atomic E-state index is 13.5. The number of aromatic nitrogens is 3. The number of anilines is 1. The van der Waals surface area contributed by atoms with Crippen LogP contribution in [-0.2, 0) is 19.6 Å². The summed E-state index contributed by atoms with van der Waals surface area (Å²) in [6, 6.07) is 14.6. The molecule has 0 aliphatic heterocycles. The molecule has 0 atom stereocenters. The van der Waals surface area contributed by atoms with Crippen LogP contribution in [0.15, 0.2) is 65.7 Å². The summed E-state index contributed by atoms with van der Waals surface area (Å²) < 4.78 is 34.9. The SMILES string of the molecule is CCOC(=O)CN(c1ccc2c(ccn2-c2ccc(C)nn2)c1)S(=O)(=O)c1cc(Cl)cc(Cl)c1. The van der Waals surface area contributed by atoms with Crippen molar-refractivity contribution in [2.75, 3.05) is 17.5 Å². The van der Waals surface area contributed by atoms with Gasteiger partial charge < -0.3 is 4.74 Å². The number of benzene rings is 2. The number of aryl methyl sites for hydroxylation is 1. The number of halogens is 2. The monoisotopic (exact) mass is 518 g/mol. The molecule has 0 fully saturated rings. The molecule has 0 saturated carbocycles. The van der Waals surface area contributed by atoms with E-state index in [0.29, 0.717) is 5.82 Å². The first-order valence-corrected chi connectivity index (χ1v) is 12.4. The highest BCUT2D eigenvalue weighted by Crippen LogP contribution is 2.31. The molecule has 2 aromatic carbocycles. The number of carbonyl (C=O) groups is 1. The molecule has 176 valence electrons. The van der Waals surface area contributed by atoms with Gasteiger partial charge in [-0.15, -0.1) is 5.10 Å². The Bertz CT molecular complexity index is 1450. The second-order valence-corrected chi connectivity index (χ2v) is 10.1. The molecule has 2 heterocycles. The Balaban J connectivity index is 1.80. The summed E-state index contributed by atoms with van der Waals surface area (Å²) >= 11 is 12.1. The first kappa shape index (κ1) is 24.0. The average Bonchev–Trinajstić information content (AvgIpc) is 3.20. The van der Waals surface area contributed by atoms with E-state index in [1.54, 1.807) is 25.1 Å². The molecule has 4 aromatic rings. The lowest BCUT2D eigenvalue weighted by atomic mass is 10.2. The van der Waals surface area contributed by atoms with Crippen LogP contribution in [0, 0.1) is 6.92 Å². The lowest BCUT2D eigenvalue weighted by Crippen LogP contribution is -2.36. The number of rotatable bonds is 7. The van der Waals surface area contributed by atoms with Gasteiger partial charge in [0.2, 0.25) is 0 Å². The van der Waals surface area contributed by atoms with Crippen molar-refractivity contribution in [1.82, 2.24) is 14.8 Å². The fraction of sp³-hybridized carbons (Fsp3) is 0.174. The van der Waals surface area contributed by atoms with Crippen molar-refractivity contribution in [2.24, 2.45) is 0 Å². The fourth-order valence-corrected chi connectivity index (χ4v) is 5.58. The van der Waals surface area contributed by atoms with Gasteiger partial charge in [-0.1, -0.05) is 23.2 Å². The zero-order valence-electron chi connectivity index (χ0n) is 18.3. The molecule has 0 spiro atoms. The summed E-state index contributed by atoms with van der Waals surface area (Å²) in [7, 11) is -4.20. The highest BCUT2D eigenvalue weighted by molar-refractivity contribution is 7.92. The van der Waals surface area contributed by atoms with Crippen LogP contribution in [0.5, 0.6) is 0 Å². The number of sulfonamides is 1. The largest absolute Gasteiger partial charge is 0.465 e. The third-order valence-electron chi connectivity index (χ3n) is 4.99. The minimum atomic E-state index is -4.20. The van der Waals surface area contributed by atoms with Crippen molar-refractivity contribution < 1.29 is 17.9 Å². The van der Waals surface area contributed by atoms with Gasteiger partial charge in [-0.3, -0.25) is 13.7 Å². The van der Waals surface area contributed by atoms with Crippen molar-refractivity contribution >= 4 is 55.8 Å². The maximum Gasteiger partial charge on any atom is 0.326 e. The van der Waals surface area contributed by atoms with Crippen molar-refractivity contribution in [3.8, 4) is 5.82 Å². The van der Waals surface area contributed by atoms with Gasteiger partial charge in [-0.05, 0) is 68.4 Å². The van der Waals surface area contributed by atoms with E-state index in [0.717, 1.165) is 20.9 Å². The van der Waals surface area contributed by atoms with Crippen LogP contribution in [0.1, 0.15) is 12.6 Å². The standard InChI is InChI=1S/C23H20Cl2N4O4S/c1-3-33-23(30)14-29(34(31,32)20-12-17(24)11-18(25)13-20)19-5-6-21-16(10-19)8-9-28(21)22-7-4-15(2)26-27-22/h4-13H,3,14H2,1-2H3. The Morgan fingerprint density at radius 2 is 1.76 bits per heavy atom. The van der Waals surface area contributed by atoms with E-state index in [1.807, 2.05) is 35.9 Å². The topological polar surface area (TPSA) is 94.4 Å². The molecule has 8 nitrogen and oxygen atoms in total. The number of hydrogen-bond donors (Lipinski definition) is 0. The molecule has 0 saturated heterocycles. The van der Waals surface area contributed by atoms with Crippen LogP contribution in [0.2, 0.25) is 10.0 Å². The maximum atomic E-state index is 13.5. The summed E-state index contributed by atoms with van der Waals surface area (Å²) in [5.74, 6) is -0.0651. The van der Waals surface area contributed by atoms with E-state index in [-0.39, 0.29) is 27.2 Å². The van der Waals surface area contributed by atoms with E-state index in [1.165, 1.54) is 18.2 Å². The molecular weight excluding hydrogens is 499 g/mol. The van der Waals surface area contributed by atoms with Gasteiger partial charge in [0.1, 0.15) is 6.54 Å². The summed E-state index contributed by atoms with van der Waals surface area (Å²) in [5.41, 5.74) is 1.87. The van der Waals surface area contributed by atoms with Gasteiger partial charge in [-0.25, -0.2) is 8.42 Å². The first-order chi connectivity index (χ1) is 16.2. The number of nitrogens with zero attached hydrogens (tertiary/aromatic N) is 4. The number of esters is 1. The van der Waals surface area contributed by atoms with E-state index in [2.05, 4.69) is 10.2 Å². The van der Waals surface area contributed by atoms with Crippen LogP contribution in [0.25, 0.3) is 16.7 Å². The number of hydrogen-bond acceptors (Lipinski definition) is 6. The zero-order chi connectivity index (χ0) is 24.5. The van der Waals surface area contributed by atoms with Crippen LogP contribution >= 0.6 is 23.2 Å². The van der Waals surface area contributed by atoms with Crippen molar-refractivity contribution in [3.63, 3.8) is 0 Å². The molecular formula is C23H20Cl2N4O4S. The van der Waals surface area contributed by atoms with E-state index in [4.69, 9.17) is 27.9 Å². The lowest BCUT2D eigenvalue weighted by Gasteiger charge is -2.24. The third kappa shape index (κ3) is 4.86. The summed E-state index contributed by atoms with van der Waals surface area (Å²) in [4.78, 5) is 12.2. The highest BCUT2D eigenvalue weighted by Gasteiger charge is 2.29. The van der Waals surface area contributed by atoms with Gasteiger partial charge >= 0.3 is 5.97 Å². The van der Waals surface area contributed by atoms with Gasteiger partial charge in [0.15, 0.2) is 5.82 Å². The van der Waals surface area contributed by atoms with Gasteiger partial charge in [0.25, 0.3) is 10.0 Å². The molecule has 0 unspecified atom stereocenters. The number of ether oxygens (including phenoxy) is 1. The third-order valence-corrected chi connectivity index (χ3v) is 7.18. The molecule has 0 aliphatic rings. The number of fused-ring (bicyclic) bond motifs is 1. The minimum absolute atomic E-state index is 0.120. The molecule has 2 aromatic heterocycles. The highest BCUT2D eigenvalue weighted by atomic mass is 35.5. The molecule has 11 heteroatoms. The summed E-state index contributed by atoms with van der Waals surface area (Å²) in [6.07, 6.45) is 1.81. The molecule has 0 aliphatic carbocycles. The minimum Gasteiger partial charge on any atom is -0.465 e. The molecule has 4 rings (SSSR count). The van der Waals surface area contributed by atoms with Gasteiger partial charge in [0.05, 0.1) is 28.4 Å². The average molecular weight is 519 g/mol. The second-order valence-electron chi connectivity index (χ2n) is 7.38. The normalized spacial score (nSPS) is 11.5. The molecule has 0 N–H and O–H groups in total. The Hall–Kier alpha value is -3.14. The summed E-state index contributed by atoms with van der Waals surface area (Å²) in [6.45, 7) is 3.10. The molecule has 0 amide bonds. The van der Waals surface area contributed by atoms with Crippen LogP contribution in [0.4, 0.5) is 5.69 Å². The second kappa shape index (κ2) is 9.61. The quantitative estimate of drug-likeness (QED) is 0.326. The Morgan fingerprint density at radius 3 is 2.41 bits per heavy atom. The van der Waals surface area contributed by atoms with Crippen molar-refractivity contribution in [3.05, 3.63) is 76.5 Å².